The van der Waals surface area contributed by atoms with Crippen LogP contribution in [0.25, 0.3) is 0 Å². The number of benzene rings is 1. The number of carboxylic acids is 1. The van der Waals surface area contributed by atoms with Gasteiger partial charge in [0.1, 0.15) is 6.61 Å². The third-order valence-corrected chi connectivity index (χ3v) is 3.38. The summed E-state index contributed by atoms with van der Waals surface area (Å²) < 4.78 is 5.89. The molecule has 0 saturated carbocycles. The number of carbonyl (C=O) groups excluding carboxylic acids is 1. The zero-order chi connectivity index (χ0) is 12.4. The van der Waals surface area contributed by atoms with E-state index in [4.69, 9.17) is 9.84 Å². The third-order valence-electron chi connectivity index (χ3n) is 2.47. The second-order valence-electron chi connectivity index (χ2n) is 3.57. The minimum atomic E-state index is -0.997. The molecule has 1 aromatic rings. The second kappa shape index (κ2) is 5.01. The number of nitrogens with zero attached hydrogens (tertiary/aromatic N) is 1. The molecule has 1 aliphatic rings. The number of carboxylic acid groups (broad SMARTS) is 1. The average molecular weight is 347 g/mol. The monoisotopic (exact) mass is 347 g/mol. The predicted octanol–water partition coefficient (Wildman–Crippen LogP) is 1.35. The lowest BCUT2D eigenvalue weighted by Gasteiger charge is -2.27. The molecular formula is C11H10INO4. The number of carbonyl (C=O) groups is 2. The van der Waals surface area contributed by atoms with E-state index in [9.17, 15) is 9.59 Å². The van der Waals surface area contributed by atoms with Gasteiger partial charge in [0, 0.05) is 10.1 Å². The molecule has 0 aromatic heterocycles. The Bertz CT molecular complexity index is 475. The van der Waals surface area contributed by atoms with Crippen LogP contribution in [-0.4, -0.2) is 36.7 Å². The van der Waals surface area contributed by atoms with E-state index in [-0.39, 0.29) is 18.1 Å². The van der Waals surface area contributed by atoms with Crippen LogP contribution in [0.5, 0.6) is 0 Å². The van der Waals surface area contributed by atoms with Gasteiger partial charge in [-0.15, -0.1) is 0 Å². The fraction of sp³-hybridized carbons (Fsp3) is 0.273. The molecule has 17 heavy (non-hydrogen) atoms. The van der Waals surface area contributed by atoms with Gasteiger partial charge in [0.15, 0.2) is 0 Å². The minimum absolute atomic E-state index is 0.0490. The molecule has 1 fully saturated rings. The van der Waals surface area contributed by atoms with Crippen molar-refractivity contribution in [2.75, 3.05) is 24.7 Å². The fourth-order valence-corrected chi connectivity index (χ4v) is 2.25. The molecule has 2 rings (SSSR count). The minimum Gasteiger partial charge on any atom is -0.478 e. The van der Waals surface area contributed by atoms with Crippen LogP contribution >= 0.6 is 22.6 Å². The zero-order valence-corrected chi connectivity index (χ0v) is 11.0. The van der Waals surface area contributed by atoms with Gasteiger partial charge < -0.3 is 14.7 Å². The first-order valence-electron chi connectivity index (χ1n) is 5.00. The molecule has 1 saturated heterocycles. The van der Waals surface area contributed by atoms with E-state index in [0.29, 0.717) is 18.8 Å². The van der Waals surface area contributed by atoms with E-state index < -0.39 is 5.97 Å². The Hall–Kier alpha value is -1.15. The van der Waals surface area contributed by atoms with Gasteiger partial charge >= 0.3 is 5.97 Å². The smallest absolute Gasteiger partial charge is 0.335 e. The SMILES string of the molecule is O=C(O)c1ccc(I)c(N2CCOCC2=O)c1. The number of anilines is 1. The number of amides is 1. The lowest BCUT2D eigenvalue weighted by molar-refractivity contribution is -0.125. The van der Waals surface area contributed by atoms with E-state index in [2.05, 4.69) is 22.6 Å². The number of aromatic carboxylic acids is 1. The number of ether oxygens (including phenoxy) is 1. The van der Waals surface area contributed by atoms with Gasteiger partial charge in [0.25, 0.3) is 5.91 Å². The van der Waals surface area contributed by atoms with Crippen molar-refractivity contribution in [3.05, 3.63) is 27.3 Å². The fourth-order valence-electron chi connectivity index (χ4n) is 1.63. The largest absolute Gasteiger partial charge is 0.478 e. The molecule has 1 aromatic carbocycles. The molecule has 0 aliphatic carbocycles. The molecule has 0 spiro atoms. The molecule has 6 heteroatoms. The first kappa shape index (κ1) is 12.3. The lowest BCUT2D eigenvalue weighted by Crippen LogP contribution is -2.42. The van der Waals surface area contributed by atoms with Crippen molar-refractivity contribution < 1.29 is 19.4 Å². The molecule has 1 heterocycles. The summed E-state index contributed by atoms with van der Waals surface area (Å²) in [7, 11) is 0. The highest BCUT2D eigenvalue weighted by Gasteiger charge is 2.22. The van der Waals surface area contributed by atoms with E-state index in [0.717, 1.165) is 3.57 Å². The summed E-state index contributed by atoms with van der Waals surface area (Å²) in [6, 6.07) is 4.74. The first-order valence-corrected chi connectivity index (χ1v) is 6.08. The van der Waals surface area contributed by atoms with Crippen molar-refractivity contribution in [2.24, 2.45) is 0 Å². The van der Waals surface area contributed by atoms with Crippen molar-refractivity contribution in [3.63, 3.8) is 0 Å². The molecule has 1 amide bonds. The van der Waals surface area contributed by atoms with Crippen molar-refractivity contribution in [2.45, 2.75) is 0 Å². The molecule has 1 aliphatic heterocycles. The standard InChI is InChI=1S/C11H10INO4/c12-8-2-1-7(11(15)16)5-9(8)13-3-4-17-6-10(13)14/h1-2,5H,3-4,6H2,(H,15,16). The van der Waals surface area contributed by atoms with Crippen LogP contribution in [0.4, 0.5) is 5.69 Å². The van der Waals surface area contributed by atoms with Crippen LogP contribution in [0.2, 0.25) is 0 Å². The van der Waals surface area contributed by atoms with Crippen molar-refractivity contribution in [1.82, 2.24) is 0 Å². The molecule has 90 valence electrons. The topological polar surface area (TPSA) is 66.8 Å². The van der Waals surface area contributed by atoms with E-state index in [1.54, 1.807) is 11.0 Å². The summed E-state index contributed by atoms with van der Waals surface area (Å²) in [5, 5.41) is 8.93. The summed E-state index contributed by atoms with van der Waals surface area (Å²) in [5.41, 5.74) is 0.818. The number of halogens is 1. The van der Waals surface area contributed by atoms with E-state index in [1.165, 1.54) is 12.1 Å². The number of hydrogen-bond donors (Lipinski definition) is 1. The first-order chi connectivity index (χ1) is 8.09. The quantitative estimate of drug-likeness (QED) is 0.821. The summed E-state index contributed by atoms with van der Waals surface area (Å²) in [6.07, 6.45) is 0. The van der Waals surface area contributed by atoms with Gasteiger partial charge in [-0.05, 0) is 40.8 Å². The lowest BCUT2D eigenvalue weighted by atomic mass is 10.2. The molecule has 0 radical (unpaired) electrons. The average Bonchev–Trinajstić information content (AvgIpc) is 2.30. The Morgan fingerprint density at radius 1 is 1.47 bits per heavy atom. The van der Waals surface area contributed by atoms with Crippen LogP contribution in [-0.2, 0) is 9.53 Å². The number of rotatable bonds is 2. The molecule has 1 N–H and O–H groups in total. The second-order valence-corrected chi connectivity index (χ2v) is 4.73. The van der Waals surface area contributed by atoms with Crippen LogP contribution in [0.15, 0.2) is 18.2 Å². The van der Waals surface area contributed by atoms with Crippen molar-refractivity contribution in [1.29, 1.82) is 0 Å². The zero-order valence-electron chi connectivity index (χ0n) is 8.85. The molecule has 0 atom stereocenters. The Morgan fingerprint density at radius 2 is 2.24 bits per heavy atom. The number of morpholine rings is 1. The maximum Gasteiger partial charge on any atom is 0.335 e. The summed E-state index contributed by atoms with van der Waals surface area (Å²) in [5.74, 6) is -1.14. The van der Waals surface area contributed by atoms with Crippen LogP contribution in [0.3, 0.4) is 0 Å². The molecule has 0 unspecified atom stereocenters. The highest BCUT2D eigenvalue weighted by molar-refractivity contribution is 14.1. The normalized spacial score (nSPS) is 16.1. The predicted molar refractivity (Wildman–Crippen MR) is 69.3 cm³/mol. The van der Waals surface area contributed by atoms with Gasteiger partial charge in [-0.3, -0.25) is 4.79 Å². The third kappa shape index (κ3) is 2.58. The number of hydrogen-bond acceptors (Lipinski definition) is 3. The van der Waals surface area contributed by atoms with Crippen molar-refractivity contribution >= 4 is 40.2 Å². The Kier molecular flexibility index (Phi) is 3.63. The molecule has 0 bridgehead atoms. The molecular weight excluding hydrogens is 337 g/mol. The van der Waals surface area contributed by atoms with Crippen LogP contribution in [0, 0.1) is 3.57 Å². The summed E-state index contributed by atoms with van der Waals surface area (Å²) in [4.78, 5) is 24.1. The van der Waals surface area contributed by atoms with Gasteiger partial charge in [0.2, 0.25) is 0 Å². The maximum absolute atomic E-state index is 11.7. The highest BCUT2D eigenvalue weighted by atomic mass is 127. The molecule has 5 nitrogen and oxygen atoms in total. The highest BCUT2D eigenvalue weighted by Crippen LogP contribution is 2.25. The van der Waals surface area contributed by atoms with E-state index >= 15 is 0 Å². The van der Waals surface area contributed by atoms with E-state index in [1.807, 2.05) is 0 Å². The van der Waals surface area contributed by atoms with Gasteiger partial charge in [-0.2, -0.15) is 0 Å². The Morgan fingerprint density at radius 3 is 2.88 bits per heavy atom. The summed E-state index contributed by atoms with van der Waals surface area (Å²) >= 11 is 2.09. The van der Waals surface area contributed by atoms with Crippen molar-refractivity contribution in [3.8, 4) is 0 Å². The summed E-state index contributed by atoms with van der Waals surface area (Å²) in [6.45, 7) is 0.977. The Balaban J connectivity index is 2.39. The Labute approximate surface area is 112 Å². The maximum atomic E-state index is 11.7. The van der Waals surface area contributed by atoms with Crippen LogP contribution < -0.4 is 4.90 Å². The van der Waals surface area contributed by atoms with Crippen LogP contribution in [0.1, 0.15) is 10.4 Å². The van der Waals surface area contributed by atoms with Gasteiger partial charge in [0.05, 0.1) is 17.9 Å². The van der Waals surface area contributed by atoms with Gasteiger partial charge in [-0.25, -0.2) is 4.79 Å². The van der Waals surface area contributed by atoms with Gasteiger partial charge in [-0.1, -0.05) is 0 Å².